The Kier molecular flexibility index (Phi) is 4.97. The van der Waals surface area contributed by atoms with Crippen molar-refractivity contribution in [1.29, 1.82) is 0 Å². The highest BCUT2D eigenvalue weighted by Gasteiger charge is 2.09. The van der Waals surface area contributed by atoms with E-state index in [2.05, 4.69) is 75.8 Å². The maximum absolute atomic E-state index is 3.61. The van der Waals surface area contributed by atoms with Crippen LogP contribution < -0.4 is 5.32 Å². The molecule has 94 valence electrons. The second-order valence-corrected chi connectivity index (χ2v) is 5.33. The lowest BCUT2D eigenvalue weighted by atomic mass is 9.99. The molecule has 0 heterocycles. The van der Waals surface area contributed by atoms with Gasteiger partial charge >= 0.3 is 0 Å². The van der Waals surface area contributed by atoms with Crippen LogP contribution in [0.1, 0.15) is 11.1 Å². The first-order valence-corrected chi connectivity index (χ1v) is 7.03. The molecule has 0 bridgehead atoms. The lowest BCUT2D eigenvalue weighted by molar-refractivity contribution is 0.555. The van der Waals surface area contributed by atoms with Gasteiger partial charge in [0, 0.05) is 10.5 Å². The smallest absolute Gasteiger partial charge is 0.0207 e. The van der Waals surface area contributed by atoms with Gasteiger partial charge in [-0.1, -0.05) is 64.5 Å². The minimum absolute atomic E-state index is 0.464. The summed E-state index contributed by atoms with van der Waals surface area (Å²) >= 11 is 3.61. The number of hydrogen-bond donors (Lipinski definition) is 1. The predicted octanol–water partition coefficient (Wildman–Crippen LogP) is 3.82. The van der Waals surface area contributed by atoms with Gasteiger partial charge in [-0.3, -0.25) is 0 Å². The summed E-state index contributed by atoms with van der Waals surface area (Å²) in [4.78, 5) is 0. The fourth-order valence-electron chi connectivity index (χ4n) is 2.10. The fraction of sp³-hybridized carbons (Fsp3) is 0.250. The summed E-state index contributed by atoms with van der Waals surface area (Å²) in [5.41, 5.74) is 2.73. The quantitative estimate of drug-likeness (QED) is 0.885. The SMILES string of the molecule is CNC(Cc1ccccc1)Cc1ccccc1Br. The Hall–Kier alpha value is -1.12. The highest BCUT2D eigenvalue weighted by Crippen LogP contribution is 2.18. The van der Waals surface area contributed by atoms with Gasteiger partial charge in [-0.05, 0) is 37.1 Å². The van der Waals surface area contributed by atoms with Crippen LogP contribution in [0.4, 0.5) is 0 Å². The summed E-state index contributed by atoms with van der Waals surface area (Å²) in [6.07, 6.45) is 2.09. The molecule has 1 atom stereocenters. The van der Waals surface area contributed by atoms with Crippen molar-refractivity contribution in [2.45, 2.75) is 18.9 Å². The fourth-order valence-corrected chi connectivity index (χ4v) is 2.55. The van der Waals surface area contributed by atoms with E-state index < -0.39 is 0 Å². The van der Waals surface area contributed by atoms with Gasteiger partial charge in [0.2, 0.25) is 0 Å². The molecule has 1 unspecified atom stereocenters. The number of nitrogens with one attached hydrogen (secondary N) is 1. The highest BCUT2D eigenvalue weighted by atomic mass is 79.9. The summed E-state index contributed by atoms with van der Waals surface area (Å²) in [6.45, 7) is 0. The highest BCUT2D eigenvalue weighted by molar-refractivity contribution is 9.10. The minimum Gasteiger partial charge on any atom is -0.316 e. The average molecular weight is 304 g/mol. The maximum atomic E-state index is 3.61. The van der Waals surface area contributed by atoms with E-state index in [1.807, 2.05) is 7.05 Å². The number of hydrogen-bond acceptors (Lipinski definition) is 1. The number of benzene rings is 2. The molecule has 2 aromatic rings. The molecular formula is C16H18BrN. The van der Waals surface area contributed by atoms with Crippen LogP contribution in [0.3, 0.4) is 0 Å². The van der Waals surface area contributed by atoms with Crippen molar-refractivity contribution in [3.63, 3.8) is 0 Å². The van der Waals surface area contributed by atoms with Gasteiger partial charge in [0.05, 0.1) is 0 Å². The zero-order chi connectivity index (χ0) is 12.8. The van der Waals surface area contributed by atoms with E-state index in [1.165, 1.54) is 15.6 Å². The van der Waals surface area contributed by atoms with Gasteiger partial charge in [0.25, 0.3) is 0 Å². The van der Waals surface area contributed by atoms with Crippen LogP contribution in [0.25, 0.3) is 0 Å². The molecule has 2 heteroatoms. The van der Waals surface area contributed by atoms with Gasteiger partial charge in [0.15, 0.2) is 0 Å². The zero-order valence-electron chi connectivity index (χ0n) is 10.6. The first-order chi connectivity index (χ1) is 8.79. The van der Waals surface area contributed by atoms with E-state index in [0.717, 1.165) is 12.8 Å². The summed E-state index contributed by atoms with van der Waals surface area (Å²) in [5, 5.41) is 3.41. The van der Waals surface area contributed by atoms with E-state index in [4.69, 9.17) is 0 Å². The number of halogens is 1. The molecule has 1 N–H and O–H groups in total. The third kappa shape index (κ3) is 3.69. The summed E-state index contributed by atoms with van der Waals surface area (Å²) in [7, 11) is 2.03. The molecule has 0 saturated heterocycles. The molecule has 0 saturated carbocycles. The van der Waals surface area contributed by atoms with Crippen molar-refractivity contribution in [1.82, 2.24) is 5.32 Å². The second-order valence-electron chi connectivity index (χ2n) is 4.47. The van der Waals surface area contributed by atoms with Crippen molar-refractivity contribution in [2.75, 3.05) is 7.05 Å². The Labute approximate surface area is 117 Å². The molecule has 2 rings (SSSR count). The molecule has 0 fully saturated rings. The molecule has 18 heavy (non-hydrogen) atoms. The number of likely N-dealkylation sites (N-methyl/N-ethyl adjacent to an activating group) is 1. The molecule has 1 nitrogen and oxygen atoms in total. The van der Waals surface area contributed by atoms with Crippen molar-refractivity contribution in [3.05, 3.63) is 70.2 Å². The number of rotatable bonds is 5. The Morgan fingerprint density at radius 1 is 0.944 bits per heavy atom. The first-order valence-electron chi connectivity index (χ1n) is 6.24. The molecule has 0 aromatic heterocycles. The third-order valence-electron chi connectivity index (χ3n) is 3.16. The Morgan fingerprint density at radius 3 is 2.28 bits per heavy atom. The molecule has 0 aliphatic rings. The molecule has 0 radical (unpaired) electrons. The van der Waals surface area contributed by atoms with Gasteiger partial charge in [0.1, 0.15) is 0 Å². The van der Waals surface area contributed by atoms with E-state index in [0.29, 0.717) is 6.04 Å². The van der Waals surface area contributed by atoms with Gasteiger partial charge in [-0.2, -0.15) is 0 Å². The third-order valence-corrected chi connectivity index (χ3v) is 3.93. The van der Waals surface area contributed by atoms with Crippen molar-refractivity contribution in [2.24, 2.45) is 0 Å². The van der Waals surface area contributed by atoms with Crippen LogP contribution in [0.2, 0.25) is 0 Å². The van der Waals surface area contributed by atoms with E-state index in [1.54, 1.807) is 0 Å². The summed E-state index contributed by atoms with van der Waals surface area (Å²) < 4.78 is 1.19. The van der Waals surface area contributed by atoms with Crippen LogP contribution in [-0.4, -0.2) is 13.1 Å². The average Bonchev–Trinajstić information content (AvgIpc) is 2.41. The van der Waals surface area contributed by atoms with Crippen LogP contribution in [0, 0.1) is 0 Å². The van der Waals surface area contributed by atoms with Crippen LogP contribution in [0.15, 0.2) is 59.1 Å². The predicted molar refractivity (Wildman–Crippen MR) is 80.8 cm³/mol. The zero-order valence-corrected chi connectivity index (χ0v) is 12.2. The second kappa shape index (κ2) is 6.72. The molecule has 0 aliphatic carbocycles. The van der Waals surface area contributed by atoms with Crippen LogP contribution in [0.5, 0.6) is 0 Å². The van der Waals surface area contributed by atoms with Crippen LogP contribution >= 0.6 is 15.9 Å². The molecule has 2 aromatic carbocycles. The molecule has 0 amide bonds. The molecule has 0 aliphatic heterocycles. The topological polar surface area (TPSA) is 12.0 Å². The Bertz CT molecular complexity index is 481. The van der Waals surface area contributed by atoms with Gasteiger partial charge < -0.3 is 5.32 Å². The lowest BCUT2D eigenvalue weighted by Gasteiger charge is -2.17. The largest absolute Gasteiger partial charge is 0.316 e. The van der Waals surface area contributed by atoms with Crippen molar-refractivity contribution in [3.8, 4) is 0 Å². The summed E-state index contributed by atoms with van der Waals surface area (Å²) in [5.74, 6) is 0. The van der Waals surface area contributed by atoms with Gasteiger partial charge in [-0.15, -0.1) is 0 Å². The maximum Gasteiger partial charge on any atom is 0.0207 e. The Balaban J connectivity index is 2.04. The first kappa shape index (κ1) is 13.3. The van der Waals surface area contributed by atoms with Gasteiger partial charge in [-0.25, -0.2) is 0 Å². The van der Waals surface area contributed by atoms with E-state index in [9.17, 15) is 0 Å². The molecule has 0 spiro atoms. The Morgan fingerprint density at radius 2 is 1.61 bits per heavy atom. The lowest BCUT2D eigenvalue weighted by Crippen LogP contribution is -2.30. The van der Waals surface area contributed by atoms with Crippen molar-refractivity contribution < 1.29 is 0 Å². The van der Waals surface area contributed by atoms with E-state index >= 15 is 0 Å². The summed E-state index contributed by atoms with van der Waals surface area (Å²) in [6, 6.07) is 19.5. The van der Waals surface area contributed by atoms with E-state index in [-0.39, 0.29) is 0 Å². The van der Waals surface area contributed by atoms with Crippen LogP contribution in [-0.2, 0) is 12.8 Å². The molecular weight excluding hydrogens is 286 g/mol. The van der Waals surface area contributed by atoms with Crippen molar-refractivity contribution >= 4 is 15.9 Å². The normalized spacial score (nSPS) is 12.3. The monoisotopic (exact) mass is 303 g/mol. The standard InChI is InChI=1S/C16H18BrN/c1-18-15(11-13-7-3-2-4-8-13)12-14-9-5-6-10-16(14)17/h2-10,15,18H,11-12H2,1H3. The minimum atomic E-state index is 0.464.